The maximum absolute atomic E-state index is 13.2. The zero-order valence-electron chi connectivity index (χ0n) is 18.9. The van der Waals surface area contributed by atoms with Gasteiger partial charge in [0.25, 0.3) is 5.91 Å². The minimum Gasteiger partial charge on any atom is -0.341 e. The van der Waals surface area contributed by atoms with Crippen molar-refractivity contribution in [1.82, 2.24) is 9.99 Å². The van der Waals surface area contributed by atoms with Gasteiger partial charge in [-0.1, -0.05) is 57.9 Å². The molecule has 3 aromatic carbocycles. The molecule has 178 valence electrons. The molecule has 1 atom stereocenters. The molecule has 9 heteroatoms. The standard InChI is InChI=1S/C26H22BrClN4O3/c1-15-12-20(9-10-21(15)27)30-24(33)23-14-18-13-19(28)8-11-22(18)32(23)31-26(35)25(34)29-16(2)17-6-4-3-5-7-17/h3-14,16H,1-2H3,(H,29,34)(H,30,33)(H,31,35)/t16-/m0/s1. The first-order chi connectivity index (χ1) is 16.7. The Morgan fingerprint density at radius 3 is 2.40 bits per heavy atom. The summed E-state index contributed by atoms with van der Waals surface area (Å²) in [6.07, 6.45) is 0. The van der Waals surface area contributed by atoms with Crippen molar-refractivity contribution in [2.24, 2.45) is 0 Å². The maximum atomic E-state index is 13.2. The van der Waals surface area contributed by atoms with E-state index in [0.717, 1.165) is 15.6 Å². The van der Waals surface area contributed by atoms with E-state index in [4.69, 9.17) is 11.6 Å². The van der Waals surface area contributed by atoms with Crippen LogP contribution in [0.2, 0.25) is 5.02 Å². The summed E-state index contributed by atoms with van der Waals surface area (Å²) in [7, 11) is 0. The van der Waals surface area contributed by atoms with E-state index in [1.165, 1.54) is 4.68 Å². The van der Waals surface area contributed by atoms with Crippen LogP contribution in [-0.4, -0.2) is 22.4 Å². The molecule has 0 radical (unpaired) electrons. The highest BCUT2D eigenvalue weighted by molar-refractivity contribution is 9.10. The van der Waals surface area contributed by atoms with Gasteiger partial charge in [0.1, 0.15) is 5.69 Å². The Kier molecular flexibility index (Phi) is 7.23. The van der Waals surface area contributed by atoms with E-state index in [2.05, 4.69) is 32.0 Å². The summed E-state index contributed by atoms with van der Waals surface area (Å²) in [5.74, 6) is -2.20. The Labute approximate surface area is 215 Å². The van der Waals surface area contributed by atoms with Crippen LogP contribution in [0.1, 0.15) is 34.6 Å². The van der Waals surface area contributed by atoms with E-state index in [1.54, 1.807) is 37.3 Å². The third-order valence-corrected chi connectivity index (χ3v) is 6.60. The summed E-state index contributed by atoms with van der Waals surface area (Å²) in [6, 6.07) is 20.9. The van der Waals surface area contributed by atoms with E-state index in [1.807, 2.05) is 49.4 Å². The van der Waals surface area contributed by atoms with Crippen LogP contribution in [0.5, 0.6) is 0 Å². The number of carbonyl (C=O) groups is 3. The van der Waals surface area contributed by atoms with Gasteiger partial charge in [-0.3, -0.25) is 19.8 Å². The van der Waals surface area contributed by atoms with Gasteiger partial charge in [0.2, 0.25) is 0 Å². The van der Waals surface area contributed by atoms with E-state index in [9.17, 15) is 14.4 Å². The van der Waals surface area contributed by atoms with Crippen molar-refractivity contribution in [1.29, 1.82) is 0 Å². The Hall–Kier alpha value is -3.62. The molecule has 0 aliphatic heterocycles. The van der Waals surface area contributed by atoms with Gasteiger partial charge in [0.15, 0.2) is 0 Å². The molecule has 3 amide bonds. The fraction of sp³-hybridized carbons (Fsp3) is 0.115. The number of amides is 3. The molecule has 0 aliphatic carbocycles. The van der Waals surface area contributed by atoms with Crippen LogP contribution in [0.15, 0.2) is 77.3 Å². The second kappa shape index (κ2) is 10.3. The van der Waals surface area contributed by atoms with Crippen molar-refractivity contribution >= 4 is 61.8 Å². The SMILES string of the molecule is Cc1cc(NC(=O)c2cc3cc(Cl)ccc3n2NC(=O)C(=O)N[C@@H](C)c2ccccc2)ccc1Br. The van der Waals surface area contributed by atoms with Crippen molar-refractivity contribution in [3.63, 3.8) is 0 Å². The van der Waals surface area contributed by atoms with Gasteiger partial charge in [-0.25, -0.2) is 4.68 Å². The summed E-state index contributed by atoms with van der Waals surface area (Å²) in [4.78, 5) is 38.6. The molecular weight excluding hydrogens is 532 g/mol. The molecule has 0 saturated heterocycles. The summed E-state index contributed by atoms with van der Waals surface area (Å²) in [6.45, 7) is 3.70. The lowest BCUT2D eigenvalue weighted by atomic mass is 10.1. The third-order valence-electron chi connectivity index (χ3n) is 5.48. The lowest BCUT2D eigenvalue weighted by Gasteiger charge is -2.16. The minimum atomic E-state index is -0.909. The van der Waals surface area contributed by atoms with Crippen LogP contribution in [0.3, 0.4) is 0 Å². The predicted molar refractivity (Wildman–Crippen MR) is 141 cm³/mol. The van der Waals surface area contributed by atoms with Gasteiger partial charge in [-0.15, -0.1) is 0 Å². The molecule has 4 rings (SSSR count). The Bertz CT molecular complexity index is 1440. The number of rotatable bonds is 5. The fourth-order valence-corrected chi connectivity index (χ4v) is 4.06. The molecule has 1 heterocycles. The van der Waals surface area contributed by atoms with Crippen molar-refractivity contribution in [3.05, 3.63) is 99.1 Å². The second-order valence-corrected chi connectivity index (χ2v) is 9.32. The van der Waals surface area contributed by atoms with E-state index < -0.39 is 17.7 Å². The summed E-state index contributed by atoms with van der Waals surface area (Å²) >= 11 is 9.57. The number of anilines is 1. The van der Waals surface area contributed by atoms with Crippen molar-refractivity contribution in [2.45, 2.75) is 19.9 Å². The summed E-state index contributed by atoms with van der Waals surface area (Å²) in [5, 5.41) is 6.62. The molecule has 3 N–H and O–H groups in total. The van der Waals surface area contributed by atoms with Crippen molar-refractivity contribution in [2.75, 3.05) is 10.7 Å². The van der Waals surface area contributed by atoms with E-state index >= 15 is 0 Å². The monoisotopic (exact) mass is 552 g/mol. The fourth-order valence-electron chi connectivity index (χ4n) is 3.63. The van der Waals surface area contributed by atoms with Gasteiger partial charge in [-0.2, -0.15) is 0 Å². The number of nitrogens with zero attached hydrogens (tertiary/aromatic N) is 1. The number of nitrogens with one attached hydrogen (secondary N) is 3. The normalized spacial score (nSPS) is 11.7. The summed E-state index contributed by atoms with van der Waals surface area (Å²) in [5.41, 5.74) is 5.61. The number of carbonyl (C=O) groups excluding carboxylic acids is 3. The lowest BCUT2D eigenvalue weighted by Crippen LogP contribution is -2.40. The average molecular weight is 554 g/mol. The molecule has 4 aromatic rings. The third kappa shape index (κ3) is 5.55. The number of aryl methyl sites for hydroxylation is 1. The van der Waals surface area contributed by atoms with Crippen molar-refractivity contribution in [3.8, 4) is 0 Å². The van der Waals surface area contributed by atoms with Crippen LogP contribution >= 0.6 is 27.5 Å². The highest BCUT2D eigenvalue weighted by Crippen LogP contribution is 2.25. The van der Waals surface area contributed by atoms with E-state index in [0.29, 0.717) is 21.6 Å². The largest absolute Gasteiger partial charge is 0.341 e. The highest BCUT2D eigenvalue weighted by atomic mass is 79.9. The maximum Gasteiger partial charge on any atom is 0.328 e. The first kappa shape index (κ1) is 24.5. The molecule has 7 nitrogen and oxygen atoms in total. The molecule has 0 aliphatic rings. The number of aromatic nitrogens is 1. The Morgan fingerprint density at radius 1 is 0.943 bits per heavy atom. The smallest absolute Gasteiger partial charge is 0.328 e. The van der Waals surface area contributed by atoms with Gasteiger partial charge in [0.05, 0.1) is 11.6 Å². The Balaban J connectivity index is 1.60. The molecule has 0 saturated carbocycles. The van der Waals surface area contributed by atoms with Crippen LogP contribution in [-0.2, 0) is 9.59 Å². The number of benzene rings is 3. The molecule has 1 aromatic heterocycles. The second-order valence-electron chi connectivity index (χ2n) is 8.03. The van der Waals surface area contributed by atoms with Gasteiger partial charge >= 0.3 is 11.8 Å². The lowest BCUT2D eigenvalue weighted by molar-refractivity contribution is -0.137. The Morgan fingerprint density at radius 2 is 1.69 bits per heavy atom. The minimum absolute atomic E-state index is 0.139. The average Bonchev–Trinajstić information content (AvgIpc) is 3.19. The number of fused-ring (bicyclic) bond motifs is 1. The molecular formula is C26H22BrClN4O3. The zero-order valence-corrected chi connectivity index (χ0v) is 21.3. The topological polar surface area (TPSA) is 92.2 Å². The van der Waals surface area contributed by atoms with E-state index in [-0.39, 0.29) is 11.7 Å². The van der Waals surface area contributed by atoms with Gasteiger partial charge < -0.3 is 10.6 Å². The molecule has 0 fully saturated rings. The number of halogens is 2. The highest BCUT2D eigenvalue weighted by Gasteiger charge is 2.22. The van der Waals surface area contributed by atoms with Crippen LogP contribution < -0.4 is 16.1 Å². The quantitative estimate of drug-likeness (QED) is 0.282. The van der Waals surface area contributed by atoms with Crippen LogP contribution in [0.25, 0.3) is 10.9 Å². The molecule has 35 heavy (non-hydrogen) atoms. The molecule has 0 spiro atoms. The first-order valence-electron chi connectivity index (χ1n) is 10.8. The summed E-state index contributed by atoms with van der Waals surface area (Å²) < 4.78 is 2.21. The zero-order chi connectivity index (χ0) is 25.1. The van der Waals surface area contributed by atoms with Gasteiger partial charge in [-0.05, 0) is 67.4 Å². The molecule has 0 unspecified atom stereocenters. The molecule has 0 bridgehead atoms. The number of hydrogen-bond donors (Lipinski definition) is 3. The number of hydrogen-bond acceptors (Lipinski definition) is 3. The first-order valence-corrected chi connectivity index (χ1v) is 12.0. The van der Waals surface area contributed by atoms with Crippen LogP contribution in [0, 0.1) is 6.92 Å². The van der Waals surface area contributed by atoms with Crippen LogP contribution in [0.4, 0.5) is 5.69 Å². The van der Waals surface area contributed by atoms with Gasteiger partial charge in [0, 0.05) is 20.6 Å². The predicted octanol–water partition coefficient (Wildman–Crippen LogP) is 5.57. The van der Waals surface area contributed by atoms with Crippen molar-refractivity contribution < 1.29 is 14.4 Å².